The van der Waals surface area contributed by atoms with Gasteiger partial charge in [0.25, 0.3) is 0 Å². The van der Waals surface area contributed by atoms with E-state index >= 15 is 0 Å². The van der Waals surface area contributed by atoms with Crippen LogP contribution in [0.4, 0.5) is 0 Å². The third-order valence-corrected chi connectivity index (χ3v) is 15.6. The molecule has 0 aliphatic carbocycles. The van der Waals surface area contributed by atoms with Gasteiger partial charge in [0.05, 0.1) is 25.4 Å². The SMILES string of the molecule is CCCCC/C=C\CCCCCCCC(=O)OCCCCCCCCCCCCC/C=C\CCCCCCCCCC(=O)NC(CO)C(O)/C=C/CCCCCCCCCCCCCCCCCCCCCCCC. The lowest BCUT2D eigenvalue weighted by molar-refractivity contribution is -0.143. The summed E-state index contributed by atoms with van der Waals surface area (Å²) in [5, 5.41) is 23.3. The molecule has 0 bridgehead atoms. The van der Waals surface area contributed by atoms with Gasteiger partial charge in [-0.2, -0.15) is 0 Å². The molecule has 0 aromatic carbocycles. The van der Waals surface area contributed by atoms with Gasteiger partial charge in [0, 0.05) is 12.8 Å². The summed E-state index contributed by atoms with van der Waals surface area (Å²) in [7, 11) is 0. The third kappa shape index (κ3) is 61.2. The maximum Gasteiger partial charge on any atom is 0.305 e. The number of aliphatic hydroxyl groups is 2. The molecule has 442 valence electrons. The minimum atomic E-state index is -0.851. The van der Waals surface area contributed by atoms with Crippen LogP contribution in [0, 0.1) is 0 Å². The standard InChI is InChI=1S/C69H131NO5/c1-3-5-7-9-11-13-15-17-18-19-20-21-22-23-26-29-32-35-38-41-45-49-53-57-61-67(72)66(65-71)70-68(73)62-58-54-50-46-42-39-36-33-30-27-24-25-28-31-34-37-40-44-48-52-56-60-64-75-69(74)63-59-55-51-47-43-16-14-12-10-8-6-4-2/h12,14,27,30,57,61,66-67,71-72H,3-11,13,15-26,28-29,31-56,58-60,62-65H2,1-2H3,(H,70,73)/b14-12-,30-27-,61-57+. The van der Waals surface area contributed by atoms with E-state index in [1.54, 1.807) is 6.08 Å². The van der Waals surface area contributed by atoms with Crippen molar-refractivity contribution in [3.63, 3.8) is 0 Å². The summed E-state index contributed by atoms with van der Waals surface area (Å²) in [5.41, 5.74) is 0. The molecule has 0 fully saturated rings. The smallest absolute Gasteiger partial charge is 0.305 e. The quantitative estimate of drug-likeness (QED) is 0.0320. The van der Waals surface area contributed by atoms with Crippen molar-refractivity contribution in [1.29, 1.82) is 0 Å². The Morgan fingerprint density at radius 3 is 0.973 bits per heavy atom. The van der Waals surface area contributed by atoms with Crippen LogP contribution in [-0.4, -0.2) is 47.4 Å². The van der Waals surface area contributed by atoms with Crippen LogP contribution in [0.15, 0.2) is 36.5 Å². The number of carbonyl (C=O) groups is 2. The van der Waals surface area contributed by atoms with Gasteiger partial charge < -0.3 is 20.3 Å². The predicted octanol–water partition coefficient (Wildman–Crippen LogP) is 21.5. The Morgan fingerprint density at radius 1 is 0.360 bits per heavy atom. The Hall–Kier alpha value is -1.92. The minimum absolute atomic E-state index is 0.000390. The van der Waals surface area contributed by atoms with Crippen molar-refractivity contribution in [2.45, 2.75) is 379 Å². The largest absolute Gasteiger partial charge is 0.466 e. The first-order valence-electron chi connectivity index (χ1n) is 33.8. The third-order valence-electron chi connectivity index (χ3n) is 15.6. The van der Waals surface area contributed by atoms with Gasteiger partial charge in [0.15, 0.2) is 0 Å². The van der Waals surface area contributed by atoms with Gasteiger partial charge in [-0.3, -0.25) is 9.59 Å². The first-order chi connectivity index (χ1) is 37.0. The van der Waals surface area contributed by atoms with Gasteiger partial charge >= 0.3 is 5.97 Å². The summed E-state index contributed by atoms with van der Waals surface area (Å²) < 4.78 is 5.47. The van der Waals surface area contributed by atoms with Gasteiger partial charge in [-0.25, -0.2) is 0 Å². The summed E-state index contributed by atoms with van der Waals surface area (Å²) in [4.78, 5) is 24.5. The number of carbonyl (C=O) groups excluding carboxylic acids is 2. The van der Waals surface area contributed by atoms with Crippen molar-refractivity contribution in [3.8, 4) is 0 Å². The van der Waals surface area contributed by atoms with Crippen LogP contribution in [0.2, 0.25) is 0 Å². The molecule has 3 N–H and O–H groups in total. The van der Waals surface area contributed by atoms with E-state index in [1.807, 2.05) is 6.08 Å². The fraction of sp³-hybridized carbons (Fsp3) is 0.884. The highest BCUT2D eigenvalue weighted by Crippen LogP contribution is 2.18. The van der Waals surface area contributed by atoms with Crippen LogP contribution < -0.4 is 5.32 Å². The van der Waals surface area contributed by atoms with Crippen LogP contribution in [-0.2, 0) is 14.3 Å². The molecular formula is C69H131NO5. The molecule has 0 aliphatic rings. The predicted molar refractivity (Wildman–Crippen MR) is 329 cm³/mol. The van der Waals surface area contributed by atoms with Gasteiger partial charge in [-0.1, -0.05) is 307 Å². The Morgan fingerprint density at radius 2 is 0.627 bits per heavy atom. The number of unbranched alkanes of at least 4 members (excludes halogenated alkanes) is 48. The molecule has 0 spiro atoms. The second-order valence-corrected chi connectivity index (χ2v) is 23.1. The second kappa shape index (κ2) is 64.6. The monoisotopic (exact) mass is 1050 g/mol. The van der Waals surface area contributed by atoms with Gasteiger partial charge in [0.2, 0.25) is 5.91 Å². The van der Waals surface area contributed by atoms with E-state index < -0.39 is 12.1 Å². The molecule has 0 saturated carbocycles. The zero-order valence-electron chi connectivity index (χ0n) is 50.5. The van der Waals surface area contributed by atoms with Gasteiger partial charge in [0.1, 0.15) is 0 Å². The first-order valence-corrected chi connectivity index (χ1v) is 33.8. The average molecular weight is 1050 g/mol. The normalized spacial score (nSPS) is 12.7. The molecule has 0 rings (SSSR count). The number of rotatable bonds is 63. The number of aliphatic hydroxyl groups excluding tert-OH is 2. The van der Waals surface area contributed by atoms with E-state index in [0.717, 1.165) is 51.4 Å². The summed E-state index contributed by atoms with van der Waals surface area (Å²) in [6, 6.07) is -0.635. The van der Waals surface area contributed by atoms with Crippen LogP contribution >= 0.6 is 0 Å². The van der Waals surface area contributed by atoms with Crippen LogP contribution in [0.5, 0.6) is 0 Å². The molecule has 0 aromatic rings. The van der Waals surface area contributed by atoms with E-state index in [9.17, 15) is 19.8 Å². The lowest BCUT2D eigenvalue weighted by atomic mass is 10.0. The molecule has 2 unspecified atom stereocenters. The van der Waals surface area contributed by atoms with E-state index in [-0.39, 0.29) is 18.5 Å². The van der Waals surface area contributed by atoms with E-state index in [0.29, 0.717) is 19.4 Å². The van der Waals surface area contributed by atoms with Crippen molar-refractivity contribution in [2.24, 2.45) is 0 Å². The Labute approximate surface area is 468 Å². The number of esters is 1. The van der Waals surface area contributed by atoms with E-state index in [2.05, 4.69) is 43.5 Å². The number of ether oxygens (including phenoxy) is 1. The number of hydrogen-bond acceptors (Lipinski definition) is 5. The molecule has 1 amide bonds. The van der Waals surface area contributed by atoms with E-state index in [1.165, 1.54) is 289 Å². The summed E-state index contributed by atoms with van der Waals surface area (Å²) >= 11 is 0. The molecule has 0 radical (unpaired) electrons. The van der Waals surface area contributed by atoms with Crippen molar-refractivity contribution in [1.82, 2.24) is 5.32 Å². The fourth-order valence-electron chi connectivity index (χ4n) is 10.4. The maximum absolute atomic E-state index is 12.5. The highest BCUT2D eigenvalue weighted by atomic mass is 16.5. The lowest BCUT2D eigenvalue weighted by Gasteiger charge is -2.20. The number of allylic oxidation sites excluding steroid dienone is 5. The minimum Gasteiger partial charge on any atom is -0.466 e. The highest BCUT2D eigenvalue weighted by molar-refractivity contribution is 5.76. The van der Waals surface area contributed by atoms with Crippen LogP contribution in [0.1, 0.15) is 367 Å². The number of hydrogen-bond donors (Lipinski definition) is 3. The lowest BCUT2D eigenvalue weighted by Crippen LogP contribution is -2.45. The Bertz CT molecular complexity index is 1210. The number of amides is 1. The Kier molecular flexibility index (Phi) is 63.0. The molecule has 0 aliphatic heterocycles. The van der Waals surface area contributed by atoms with Crippen molar-refractivity contribution in [2.75, 3.05) is 13.2 Å². The fourth-order valence-corrected chi connectivity index (χ4v) is 10.4. The molecule has 0 saturated heterocycles. The zero-order valence-corrected chi connectivity index (χ0v) is 50.5. The number of nitrogens with one attached hydrogen (secondary N) is 1. The molecule has 6 nitrogen and oxygen atoms in total. The molecule has 2 atom stereocenters. The van der Waals surface area contributed by atoms with Gasteiger partial charge in [-0.15, -0.1) is 0 Å². The van der Waals surface area contributed by atoms with Crippen molar-refractivity contribution in [3.05, 3.63) is 36.5 Å². The highest BCUT2D eigenvalue weighted by Gasteiger charge is 2.18. The topological polar surface area (TPSA) is 95.9 Å². The zero-order chi connectivity index (χ0) is 54.3. The van der Waals surface area contributed by atoms with E-state index in [4.69, 9.17) is 4.74 Å². The summed E-state index contributed by atoms with van der Waals surface area (Å²) in [6.45, 7) is 4.90. The molecular weight excluding hydrogens is 923 g/mol. The molecule has 0 aromatic heterocycles. The summed E-state index contributed by atoms with van der Waals surface area (Å²) in [6.07, 6.45) is 82.1. The second-order valence-electron chi connectivity index (χ2n) is 23.1. The van der Waals surface area contributed by atoms with Crippen molar-refractivity contribution >= 4 is 11.9 Å². The summed E-state index contributed by atoms with van der Waals surface area (Å²) in [5.74, 6) is -0.0720. The van der Waals surface area contributed by atoms with Crippen molar-refractivity contribution < 1.29 is 24.5 Å². The maximum atomic E-state index is 12.5. The Balaban J connectivity index is 3.45. The average Bonchev–Trinajstić information content (AvgIpc) is 3.41. The van der Waals surface area contributed by atoms with Crippen LogP contribution in [0.3, 0.4) is 0 Å². The van der Waals surface area contributed by atoms with Crippen LogP contribution in [0.25, 0.3) is 0 Å². The van der Waals surface area contributed by atoms with Gasteiger partial charge in [-0.05, 0) is 83.5 Å². The first kappa shape index (κ1) is 73.1. The molecule has 6 heteroatoms. The molecule has 0 heterocycles. The molecule has 75 heavy (non-hydrogen) atoms.